The van der Waals surface area contributed by atoms with Gasteiger partial charge in [-0.3, -0.25) is 4.79 Å². The molecule has 2 saturated carbocycles. The lowest BCUT2D eigenvalue weighted by Crippen LogP contribution is -2.61. The van der Waals surface area contributed by atoms with Gasteiger partial charge in [0.2, 0.25) is 5.91 Å². The van der Waals surface area contributed by atoms with Crippen molar-refractivity contribution in [2.24, 2.45) is 28.6 Å². The Kier molecular flexibility index (Phi) is 4.06. The van der Waals surface area contributed by atoms with Crippen molar-refractivity contribution in [2.75, 3.05) is 14.2 Å². The van der Waals surface area contributed by atoms with Gasteiger partial charge < -0.3 is 9.64 Å². The number of esters is 1. The number of piperidine rings is 1. The molecule has 1 heterocycles. The molecule has 0 bridgehead atoms. The molecule has 4 heteroatoms. The van der Waals surface area contributed by atoms with Gasteiger partial charge >= 0.3 is 5.97 Å². The van der Waals surface area contributed by atoms with E-state index in [9.17, 15) is 9.59 Å². The van der Waals surface area contributed by atoms with Gasteiger partial charge in [-0.1, -0.05) is 19.4 Å². The minimum atomic E-state index is -0.117. The van der Waals surface area contributed by atoms with Crippen LogP contribution in [0.3, 0.4) is 0 Å². The summed E-state index contributed by atoms with van der Waals surface area (Å²) in [6.45, 7) is 6.88. The molecule has 0 aromatic rings. The molecule has 1 amide bonds. The number of methoxy groups -OCH3 is 1. The summed E-state index contributed by atoms with van der Waals surface area (Å²) in [5.74, 6) is 2.08. The highest BCUT2D eigenvalue weighted by molar-refractivity contribution is 5.91. The van der Waals surface area contributed by atoms with E-state index in [2.05, 4.69) is 20.8 Å². The van der Waals surface area contributed by atoms with E-state index in [1.807, 2.05) is 11.9 Å². The number of likely N-dealkylation sites (tertiary alicyclic amines) is 1. The lowest BCUT2D eigenvalue weighted by Gasteiger charge is -2.61. The first kappa shape index (κ1) is 18.1. The Hall–Kier alpha value is -1.32. The van der Waals surface area contributed by atoms with Crippen LogP contribution < -0.4 is 0 Å². The van der Waals surface area contributed by atoms with Gasteiger partial charge in [0, 0.05) is 30.5 Å². The van der Waals surface area contributed by atoms with Crippen LogP contribution in [-0.4, -0.2) is 37.0 Å². The molecule has 6 atom stereocenters. The van der Waals surface area contributed by atoms with Gasteiger partial charge in [0.05, 0.1) is 7.11 Å². The number of carbonyl (C=O) groups excluding carboxylic acids is 2. The van der Waals surface area contributed by atoms with Gasteiger partial charge in [0.1, 0.15) is 0 Å². The second-order valence-corrected chi connectivity index (χ2v) is 9.79. The Morgan fingerprint density at radius 3 is 2.58 bits per heavy atom. The molecule has 0 spiro atoms. The first-order valence-corrected chi connectivity index (χ1v) is 10.3. The Labute approximate surface area is 157 Å². The second-order valence-electron chi connectivity index (χ2n) is 9.79. The Balaban J connectivity index is 1.66. The molecule has 3 aliphatic carbocycles. The molecule has 1 aliphatic heterocycles. The molecule has 0 aromatic carbocycles. The van der Waals surface area contributed by atoms with Gasteiger partial charge in [-0.15, -0.1) is 0 Å². The van der Waals surface area contributed by atoms with E-state index in [0.29, 0.717) is 36.1 Å². The first-order valence-electron chi connectivity index (χ1n) is 10.3. The average Bonchev–Trinajstić information content (AvgIpc) is 2.88. The van der Waals surface area contributed by atoms with Crippen LogP contribution in [0.15, 0.2) is 11.1 Å². The zero-order valence-corrected chi connectivity index (χ0v) is 16.9. The highest BCUT2D eigenvalue weighted by Crippen LogP contribution is 2.65. The van der Waals surface area contributed by atoms with E-state index in [-0.39, 0.29) is 16.8 Å². The fraction of sp³-hybridized carbons (Fsp3) is 0.818. The number of allylic oxidation sites excluding steroid dienone is 1. The molecule has 4 nitrogen and oxygen atoms in total. The third kappa shape index (κ3) is 2.20. The van der Waals surface area contributed by atoms with Crippen LogP contribution in [-0.2, 0) is 14.3 Å². The topological polar surface area (TPSA) is 46.6 Å². The summed E-state index contributed by atoms with van der Waals surface area (Å²) in [5.41, 5.74) is 2.41. The fourth-order valence-electron chi connectivity index (χ4n) is 7.59. The number of nitrogens with zero attached hydrogens (tertiary/aromatic N) is 1. The minimum absolute atomic E-state index is 0.0298. The van der Waals surface area contributed by atoms with Crippen LogP contribution in [0.5, 0.6) is 0 Å². The zero-order chi connectivity index (χ0) is 18.9. The monoisotopic (exact) mass is 359 g/mol. The molecule has 26 heavy (non-hydrogen) atoms. The van der Waals surface area contributed by atoms with Crippen molar-refractivity contribution in [3.8, 4) is 0 Å². The largest absolute Gasteiger partial charge is 0.466 e. The van der Waals surface area contributed by atoms with Crippen LogP contribution in [0.1, 0.15) is 65.7 Å². The molecule has 0 aromatic heterocycles. The molecule has 144 valence electrons. The number of hydrogen-bond acceptors (Lipinski definition) is 3. The molecule has 0 N–H and O–H groups in total. The summed E-state index contributed by atoms with van der Waals surface area (Å²) < 4.78 is 5.15. The van der Waals surface area contributed by atoms with E-state index in [0.717, 1.165) is 31.3 Å². The quantitative estimate of drug-likeness (QED) is 0.666. The predicted molar refractivity (Wildman–Crippen MR) is 100 cm³/mol. The molecular formula is C22H33NO3. The van der Waals surface area contributed by atoms with Crippen LogP contribution in [0.4, 0.5) is 0 Å². The standard InChI is InChI=1S/C22H33NO3/c1-13-12-16-14-6-7-17-21(2,11-9-18(24)23(17)4)15(14)8-10-22(16,3)19(13)20(25)26-5/h14-17H,6-12H2,1-5H3/t14-,15+,16+,17-,21-,22+/m1/s1. The van der Waals surface area contributed by atoms with Crippen molar-refractivity contribution in [3.05, 3.63) is 11.1 Å². The Morgan fingerprint density at radius 1 is 1.15 bits per heavy atom. The van der Waals surface area contributed by atoms with Gasteiger partial charge in [-0.25, -0.2) is 4.79 Å². The summed E-state index contributed by atoms with van der Waals surface area (Å²) >= 11 is 0. The van der Waals surface area contributed by atoms with Crippen LogP contribution in [0, 0.1) is 28.6 Å². The van der Waals surface area contributed by atoms with Crippen molar-refractivity contribution in [1.29, 1.82) is 0 Å². The molecule has 4 rings (SSSR count). The van der Waals surface area contributed by atoms with Gasteiger partial charge in [0.25, 0.3) is 0 Å². The molecule has 1 saturated heterocycles. The van der Waals surface area contributed by atoms with E-state index >= 15 is 0 Å². The van der Waals surface area contributed by atoms with Crippen molar-refractivity contribution >= 4 is 11.9 Å². The van der Waals surface area contributed by atoms with Gasteiger partial charge in [0.15, 0.2) is 0 Å². The highest BCUT2D eigenvalue weighted by atomic mass is 16.5. The molecule has 0 unspecified atom stereocenters. The fourth-order valence-corrected chi connectivity index (χ4v) is 7.59. The average molecular weight is 360 g/mol. The van der Waals surface area contributed by atoms with Crippen LogP contribution in [0.25, 0.3) is 0 Å². The first-order chi connectivity index (χ1) is 12.2. The number of rotatable bonds is 1. The predicted octanol–water partition coefficient (Wildman–Crippen LogP) is 3.95. The van der Waals surface area contributed by atoms with Crippen molar-refractivity contribution in [2.45, 2.75) is 71.8 Å². The maximum atomic E-state index is 12.5. The summed E-state index contributed by atoms with van der Waals surface area (Å²) in [6.07, 6.45) is 7.29. The normalized spacial score (nSPS) is 45.1. The number of fused-ring (bicyclic) bond motifs is 5. The number of carbonyl (C=O) groups is 2. The van der Waals surface area contributed by atoms with Gasteiger partial charge in [-0.05, 0) is 68.6 Å². The van der Waals surface area contributed by atoms with Crippen LogP contribution >= 0.6 is 0 Å². The lowest BCUT2D eigenvalue weighted by molar-refractivity contribution is -0.157. The molecule has 3 fully saturated rings. The molecular weight excluding hydrogens is 326 g/mol. The molecule has 4 aliphatic rings. The Bertz CT molecular complexity index is 683. The van der Waals surface area contributed by atoms with Crippen LogP contribution in [0.2, 0.25) is 0 Å². The zero-order valence-electron chi connectivity index (χ0n) is 16.9. The smallest absolute Gasteiger partial charge is 0.334 e. The number of hydrogen-bond donors (Lipinski definition) is 0. The maximum Gasteiger partial charge on any atom is 0.334 e. The highest BCUT2D eigenvalue weighted by Gasteiger charge is 2.61. The van der Waals surface area contributed by atoms with Crippen molar-refractivity contribution in [3.63, 3.8) is 0 Å². The van der Waals surface area contributed by atoms with Crippen molar-refractivity contribution < 1.29 is 14.3 Å². The number of amides is 1. The molecule has 0 radical (unpaired) electrons. The van der Waals surface area contributed by atoms with Crippen molar-refractivity contribution in [1.82, 2.24) is 4.90 Å². The van der Waals surface area contributed by atoms with E-state index in [1.165, 1.54) is 25.5 Å². The van der Waals surface area contributed by atoms with E-state index < -0.39 is 0 Å². The minimum Gasteiger partial charge on any atom is -0.466 e. The second kappa shape index (κ2) is 5.84. The summed E-state index contributed by atoms with van der Waals surface area (Å²) in [7, 11) is 3.51. The summed E-state index contributed by atoms with van der Waals surface area (Å²) in [6, 6.07) is 0.393. The van der Waals surface area contributed by atoms with Gasteiger partial charge in [-0.2, -0.15) is 0 Å². The third-order valence-corrected chi connectivity index (χ3v) is 8.86. The lowest BCUT2D eigenvalue weighted by atomic mass is 9.47. The summed E-state index contributed by atoms with van der Waals surface area (Å²) in [4.78, 5) is 26.8. The van der Waals surface area contributed by atoms with E-state index in [1.54, 1.807) is 0 Å². The third-order valence-electron chi connectivity index (χ3n) is 8.86. The number of ether oxygens (including phenoxy) is 1. The van der Waals surface area contributed by atoms with E-state index in [4.69, 9.17) is 4.74 Å². The summed E-state index contributed by atoms with van der Waals surface area (Å²) in [5, 5.41) is 0. The Morgan fingerprint density at radius 2 is 1.88 bits per heavy atom. The SMILES string of the molecule is COC(=O)C1=C(C)C[C@H]2[C@@H]3CC[C@H]4N(C)C(=O)CC[C@]4(C)[C@H]3CC[C@]12C. The maximum absolute atomic E-state index is 12.5.